The number of fused-ring (bicyclic) bond motifs is 5. The van der Waals surface area contributed by atoms with E-state index in [0.29, 0.717) is 39.4 Å². The minimum atomic E-state index is -2.89. The van der Waals surface area contributed by atoms with E-state index in [1.54, 1.807) is 18.2 Å². The Bertz CT molecular complexity index is 4410. The molecular weight excluding hydrogens is 973 g/mol. The highest BCUT2D eigenvalue weighted by atomic mass is 16.5. The van der Waals surface area contributed by atoms with Crippen LogP contribution in [0.3, 0.4) is 0 Å². The lowest BCUT2D eigenvalue weighted by Crippen LogP contribution is -2.33. The lowest BCUT2D eigenvalue weighted by Gasteiger charge is -2.42. The van der Waals surface area contributed by atoms with Gasteiger partial charge in [0.15, 0.2) is 0 Å². The zero-order valence-corrected chi connectivity index (χ0v) is 48.5. The maximum Gasteiger partial charge on any atom is 0.137 e. The smallest absolute Gasteiger partial charge is 0.137 e. The Morgan fingerprint density at radius 1 is 0.600 bits per heavy atom. The third kappa shape index (κ3) is 9.67. The van der Waals surface area contributed by atoms with Gasteiger partial charge in [0.2, 0.25) is 0 Å². The van der Waals surface area contributed by atoms with Crippen molar-refractivity contribution >= 4 is 44.6 Å². The molecule has 0 spiro atoms. The van der Waals surface area contributed by atoms with Crippen molar-refractivity contribution in [2.45, 2.75) is 131 Å². The first-order chi connectivity index (χ1) is 41.3. The number of rotatable bonds is 10. The molecule has 0 saturated heterocycles. The van der Waals surface area contributed by atoms with E-state index in [4.69, 9.17) is 13.8 Å². The van der Waals surface area contributed by atoms with Crippen molar-refractivity contribution in [2.75, 3.05) is 16.5 Å². The monoisotopic (exact) mass is 1060 g/mol. The van der Waals surface area contributed by atoms with Gasteiger partial charge >= 0.3 is 0 Å². The van der Waals surface area contributed by atoms with Gasteiger partial charge in [0.25, 0.3) is 0 Å². The van der Waals surface area contributed by atoms with Gasteiger partial charge in [0.1, 0.15) is 24.0 Å². The number of aromatic nitrogens is 2. The molecule has 0 fully saturated rings. The maximum atomic E-state index is 10.3. The van der Waals surface area contributed by atoms with Crippen LogP contribution in [-0.2, 0) is 28.0 Å². The van der Waals surface area contributed by atoms with E-state index < -0.39 is 25.2 Å². The van der Waals surface area contributed by atoms with Crippen LogP contribution in [0.25, 0.3) is 61.0 Å². The second-order valence-electron chi connectivity index (χ2n) is 25.8. The first kappa shape index (κ1) is 43.9. The van der Waals surface area contributed by atoms with Crippen LogP contribution >= 0.6 is 0 Å². The van der Waals surface area contributed by atoms with Crippen LogP contribution in [-0.4, -0.2) is 16.2 Å². The molecule has 8 aromatic carbocycles. The lowest BCUT2D eigenvalue weighted by atomic mass is 9.63. The average molecular weight is 1060 g/mol. The van der Waals surface area contributed by atoms with E-state index in [1.165, 1.54) is 16.7 Å². The molecule has 5 heteroatoms. The molecule has 10 aromatic rings. The maximum absolute atomic E-state index is 10.3. The first-order valence-corrected chi connectivity index (χ1v) is 28.4. The largest absolute Gasteiger partial charge is 0.457 e. The quantitative estimate of drug-likeness (QED) is 0.137. The van der Waals surface area contributed by atoms with Crippen LogP contribution in [0.1, 0.15) is 140 Å². The molecular formula is C75H78N4O. The van der Waals surface area contributed by atoms with Gasteiger partial charge in [0.05, 0.1) is 32.2 Å². The van der Waals surface area contributed by atoms with Gasteiger partial charge in [-0.3, -0.25) is 4.57 Å². The Morgan fingerprint density at radius 2 is 1.26 bits per heavy atom. The Labute approximate surface area is 487 Å². The summed E-state index contributed by atoms with van der Waals surface area (Å²) >= 11 is 0. The van der Waals surface area contributed by atoms with E-state index in [2.05, 4.69) is 156 Å². The Hall–Kier alpha value is -7.89. The number of ether oxygens (including phenoxy) is 1. The molecule has 5 nitrogen and oxygen atoms in total. The summed E-state index contributed by atoms with van der Waals surface area (Å²) in [6, 6.07) is 51.5. The van der Waals surface area contributed by atoms with Crippen molar-refractivity contribution in [3.05, 3.63) is 215 Å². The highest BCUT2D eigenvalue weighted by molar-refractivity contribution is 6.09. The Balaban J connectivity index is 1.05. The molecule has 3 heterocycles. The molecule has 0 saturated carbocycles. The van der Waals surface area contributed by atoms with Crippen molar-refractivity contribution < 1.29 is 15.7 Å². The average Bonchev–Trinajstić information content (AvgIpc) is 1.42. The topological polar surface area (TPSA) is 33.5 Å². The Morgan fingerprint density at radius 3 is 1.99 bits per heavy atom. The summed E-state index contributed by atoms with van der Waals surface area (Å²) in [6.45, 7) is 23.0. The van der Waals surface area contributed by atoms with E-state index in [9.17, 15) is 6.85 Å². The zero-order valence-electron chi connectivity index (χ0n) is 56.5. The standard InChI is InChI=1S/C75H78N4O/c1-48(2)39-50-41-62(52-27-32-59(49(3)40-52)51-25-29-54(30-26-51)72(4,5)6)71(63(42-50)53-28-34-64-65(43-53)75(12,13)37-36-74(64,10)11)78-47-77(67-23-16-17-24-68(67)78)56-19-18-20-57(45-56)80-58-31-33-61-60-21-14-15-22-66(60)79(69(61)46-58)70-44-55(35-38-76-70)73(7,8)9/h14-35,38,40-46,48H,36-37,39,47H2,1-13H3/i3D3,27D,32D,39D2,40D. The summed E-state index contributed by atoms with van der Waals surface area (Å²) in [4.78, 5) is 9.25. The number of hydrogen-bond donors (Lipinski definition) is 0. The van der Waals surface area contributed by atoms with Crippen LogP contribution in [0.2, 0.25) is 0 Å². The van der Waals surface area contributed by atoms with Crippen molar-refractivity contribution in [1.82, 2.24) is 9.55 Å². The summed E-state index contributed by atoms with van der Waals surface area (Å²) in [5.41, 5.74) is 11.2. The molecule has 2 aromatic heterocycles. The molecule has 2 aliphatic rings. The molecule has 80 heavy (non-hydrogen) atoms. The summed E-state index contributed by atoms with van der Waals surface area (Å²) in [7, 11) is 0. The summed E-state index contributed by atoms with van der Waals surface area (Å²) < 4.78 is 86.4. The van der Waals surface area contributed by atoms with Crippen LogP contribution in [0.15, 0.2) is 182 Å². The van der Waals surface area contributed by atoms with Gasteiger partial charge in [-0.1, -0.05) is 180 Å². The van der Waals surface area contributed by atoms with Crippen molar-refractivity contribution in [2.24, 2.45) is 5.92 Å². The van der Waals surface area contributed by atoms with Crippen molar-refractivity contribution in [3.8, 4) is 50.7 Å². The third-order valence-corrected chi connectivity index (χ3v) is 16.7. The minimum absolute atomic E-state index is 0.0131. The SMILES string of the molecule is [2H]c1c([2H])c(-c2ccc(C(C)(C)C)cc2)c(C([2H])([2H])[2H])c([2H])c1-c1cc(C([2H])([2H])C(C)C)cc(-c2ccc3c(c2)C(C)(C)CCC3(C)C)c1N1CN(c2cccc(Oc3ccc4c5ccccc5n(-c5cc(C(C)(C)C)ccn5)c4c3)c2)c2ccccc21. The number of nitrogens with zero attached hydrogens (tertiary/aromatic N) is 4. The van der Waals surface area contributed by atoms with Crippen molar-refractivity contribution in [3.63, 3.8) is 0 Å². The zero-order chi connectivity index (χ0) is 62.9. The van der Waals surface area contributed by atoms with Crippen LogP contribution in [0, 0.1) is 12.8 Å². The van der Waals surface area contributed by atoms with E-state index >= 15 is 0 Å². The molecule has 0 bridgehead atoms. The van der Waals surface area contributed by atoms with Gasteiger partial charge in [0, 0.05) is 52.8 Å². The van der Waals surface area contributed by atoms with Gasteiger partial charge in [-0.05, 0) is 176 Å². The number of benzene rings is 8. The fraction of sp³-hybridized carbons (Fsp3) is 0.293. The number of anilines is 4. The molecule has 12 rings (SSSR count). The molecule has 0 radical (unpaired) electrons. The number of para-hydroxylation sites is 3. The normalized spacial score (nSPS) is 16.8. The van der Waals surface area contributed by atoms with E-state index in [1.807, 2.05) is 86.8 Å². The Kier molecular flexibility index (Phi) is 10.8. The van der Waals surface area contributed by atoms with Crippen LogP contribution < -0.4 is 14.5 Å². The fourth-order valence-corrected chi connectivity index (χ4v) is 12.1. The molecule has 404 valence electrons. The van der Waals surface area contributed by atoms with Crippen molar-refractivity contribution in [1.29, 1.82) is 0 Å². The lowest BCUT2D eigenvalue weighted by molar-refractivity contribution is 0.332. The molecule has 0 N–H and O–H groups in total. The highest BCUT2D eigenvalue weighted by Gasteiger charge is 2.38. The number of hydrogen-bond acceptors (Lipinski definition) is 4. The van der Waals surface area contributed by atoms with Crippen LogP contribution in [0.5, 0.6) is 11.5 Å². The van der Waals surface area contributed by atoms with Gasteiger partial charge in [-0.25, -0.2) is 4.98 Å². The predicted molar refractivity (Wildman–Crippen MR) is 339 cm³/mol. The molecule has 1 aliphatic heterocycles. The first-order valence-electron chi connectivity index (χ1n) is 32.4. The second-order valence-corrected chi connectivity index (χ2v) is 25.8. The van der Waals surface area contributed by atoms with Gasteiger partial charge < -0.3 is 14.5 Å². The predicted octanol–water partition coefficient (Wildman–Crippen LogP) is 20.7. The fourth-order valence-electron chi connectivity index (χ4n) is 12.1. The third-order valence-electron chi connectivity index (χ3n) is 16.7. The summed E-state index contributed by atoms with van der Waals surface area (Å²) in [5, 5.41) is 2.19. The van der Waals surface area contributed by atoms with Gasteiger partial charge in [-0.2, -0.15) is 0 Å². The minimum Gasteiger partial charge on any atom is -0.457 e. The molecule has 0 amide bonds. The van der Waals surface area contributed by atoms with Gasteiger partial charge in [-0.15, -0.1) is 0 Å². The van der Waals surface area contributed by atoms with E-state index in [-0.39, 0.29) is 57.1 Å². The van der Waals surface area contributed by atoms with Crippen LogP contribution in [0.4, 0.5) is 22.7 Å². The molecule has 0 unspecified atom stereocenters. The molecule has 0 atom stereocenters. The second kappa shape index (κ2) is 19.7. The number of pyridine rings is 1. The highest BCUT2D eigenvalue weighted by Crippen LogP contribution is 2.53. The summed E-state index contributed by atoms with van der Waals surface area (Å²) in [6.07, 6.45) is 1.93. The van der Waals surface area contributed by atoms with E-state index in [0.717, 1.165) is 68.7 Å². The summed E-state index contributed by atoms with van der Waals surface area (Å²) in [5.74, 6) is 1.56. The molecule has 1 aliphatic carbocycles.